The average Bonchev–Trinajstić information content (AvgIpc) is 1.35. The Labute approximate surface area is 46.6 Å². The maximum absolute atomic E-state index is 5.20. The van der Waals surface area contributed by atoms with Crippen LogP contribution in [0.4, 0.5) is 0 Å². The molecule has 0 aromatic rings. The van der Waals surface area contributed by atoms with Crippen LogP contribution < -0.4 is 5.50 Å². The highest BCUT2D eigenvalue weighted by Gasteiger charge is 1.97. The van der Waals surface area contributed by atoms with Gasteiger partial charge in [0.15, 0.2) is 0 Å². The highest BCUT2D eigenvalue weighted by atomic mass is 35.7. The number of halogens is 1. The van der Waals surface area contributed by atoms with E-state index >= 15 is 0 Å². The molecule has 5 heteroatoms. The van der Waals surface area contributed by atoms with E-state index in [4.69, 9.17) is 16.7 Å². The molecule has 0 amide bonds. The Kier molecular flexibility index (Phi) is 2.56. The largest absolute Gasteiger partial charge is 0.330 e. The van der Waals surface area contributed by atoms with E-state index in [9.17, 15) is 0 Å². The summed E-state index contributed by atoms with van der Waals surface area (Å²) in [5, 5.41) is 0. The first-order valence-electron chi connectivity index (χ1n) is 1.20. The first-order chi connectivity index (χ1) is 2.56. The minimum Gasteiger partial charge on any atom is -0.330 e. The van der Waals surface area contributed by atoms with Crippen LogP contribution in [-0.2, 0) is 16.3 Å². The van der Waals surface area contributed by atoms with Crippen LogP contribution in [0.2, 0.25) is 0 Å². The lowest BCUT2D eigenvalue weighted by Crippen LogP contribution is -1.85. The molecule has 1 atom stereocenters. The van der Waals surface area contributed by atoms with Gasteiger partial charge in [-0.15, -0.1) is 0 Å². The smallest absolute Gasteiger partial charge is 0.216 e. The van der Waals surface area contributed by atoms with Crippen molar-refractivity contribution in [3.05, 3.63) is 0 Å². The van der Waals surface area contributed by atoms with Crippen molar-refractivity contribution in [3.63, 3.8) is 0 Å². The first-order valence-corrected chi connectivity index (χ1v) is 4.90. The Hall–Kier alpha value is 0.860. The van der Waals surface area contributed by atoms with Gasteiger partial charge in [0, 0.05) is 7.11 Å². The molecule has 6 heavy (non-hydrogen) atoms. The molecule has 0 saturated heterocycles. The fourth-order valence-corrected chi connectivity index (χ4v) is 0. The highest BCUT2D eigenvalue weighted by Crippen LogP contribution is 2.42. The van der Waals surface area contributed by atoms with Gasteiger partial charge in [-0.2, -0.15) is 0 Å². The molecule has 2 nitrogen and oxygen atoms in total. The Morgan fingerprint density at radius 2 is 2.17 bits per heavy atom. The van der Waals surface area contributed by atoms with Crippen molar-refractivity contribution in [1.29, 1.82) is 0 Å². The zero-order chi connectivity index (χ0) is 5.21. The summed E-state index contributed by atoms with van der Waals surface area (Å²) in [7, 11) is 1.40. The van der Waals surface area contributed by atoms with Crippen LogP contribution in [0.1, 0.15) is 0 Å². The second-order valence-electron chi connectivity index (χ2n) is 0.704. The van der Waals surface area contributed by atoms with Crippen LogP contribution in [-0.4, -0.2) is 7.11 Å². The minimum atomic E-state index is -2.34. The van der Waals surface area contributed by atoms with E-state index in [1.54, 1.807) is 0 Å². The van der Waals surface area contributed by atoms with Gasteiger partial charge in [0.05, 0.1) is 0 Å². The molecule has 0 aromatic carbocycles. The molecular weight excluding hydrogens is 141 g/mol. The van der Waals surface area contributed by atoms with Crippen molar-refractivity contribution in [2.45, 2.75) is 0 Å². The van der Waals surface area contributed by atoms with E-state index in [1.165, 1.54) is 7.11 Å². The van der Waals surface area contributed by atoms with Gasteiger partial charge >= 0.3 is 0 Å². The summed E-state index contributed by atoms with van der Waals surface area (Å²) in [4.78, 5) is 0. The molecule has 0 fully saturated rings. The lowest BCUT2D eigenvalue weighted by Gasteiger charge is -1.99. The summed E-state index contributed by atoms with van der Waals surface area (Å²) in [5.74, 6) is -2.34. The molecular formula is CH5ClNOPS. The Bertz CT molecular complexity index is 79.6. The van der Waals surface area contributed by atoms with E-state index < -0.39 is 5.77 Å². The first kappa shape index (κ1) is 6.86. The molecule has 1 unspecified atom stereocenters. The zero-order valence-electron chi connectivity index (χ0n) is 3.22. The molecule has 0 spiro atoms. The van der Waals surface area contributed by atoms with Crippen molar-refractivity contribution in [2.75, 3.05) is 7.11 Å². The van der Waals surface area contributed by atoms with Crippen molar-refractivity contribution < 1.29 is 4.52 Å². The molecule has 0 radical (unpaired) electrons. The molecule has 0 aromatic heterocycles. The number of hydrogen-bond acceptors (Lipinski definition) is 2. The topological polar surface area (TPSA) is 35.2 Å². The average molecular weight is 146 g/mol. The zero-order valence-corrected chi connectivity index (χ0v) is 5.69. The van der Waals surface area contributed by atoms with Gasteiger partial charge in [-0.1, -0.05) is 0 Å². The van der Waals surface area contributed by atoms with Gasteiger partial charge in [-0.25, -0.2) is 0 Å². The van der Waals surface area contributed by atoms with E-state index in [1.807, 2.05) is 0 Å². The SMILES string of the molecule is COP(N)(=S)Cl. The quantitative estimate of drug-likeness (QED) is 0.561. The molecule has 0 aliphatic carbocycles. The Morgan fingerprint density at radius 1 is 2.00 bits per heavy atom. The van der Waals surface area contributed by atoms with Gasteiger partial charge in [0.25, 0.3) is 0 Å². The van der Waals surface area contributed by atoms with Crippen molar-refractivity contribution in [1.82, 2.24) is 0 Å². The molecule has 0 rings (SSSR count). The van der Waals surface area contributed by atoms with Crippen LogP contribution >= 0.6 is 17.0 Å². The molecule has 2 N–H and O–H groups in total. The van der Waals surface area contributed by atoms with Crippen LogP contribution in [0.15, 0.2) is 0 Å². The predicted octanol–water partition coefficient (Wildman–Crippen LogP) is 1.05. The van der Waals surface area contributed by atoms with Crippen LogP contribution in [0.3, 0.4) is 0 Å². The third-order valence-electron chi connectivity index (χ3n) is 0.249. The van der Waals surface area contributed by atoms with E-state index in [0.29, 0.717) is 0 Å². The van der Waals surface area contributed by atoms with Crippen LogP contribution in [0.5, 0.6) is 0 Å². The van der Waals surface area contributed by atoms with Crippen LogP contribution in [0.25, 0.3) is 0 Å². The lowest BCUT2D eigenvalue weighted by molar-refractivity contribution is 0.470. The summed E-state index contributed by atoms with van der Waals surface area (Å²) < 4.78 is 4.41. The fraction of sp³-hybridized carbons (Fsp3) is 1.00. The normalized spacial score (nSPS) is 19.8. The van der Waals surface area contributed by atoms with Gasteiger partial charge in [-0.3, -0.25) is 5.50 Å². The molecule has 0 aliphatic rings. The standard InChI is InChI=1S/CH5ClNOPS/c1-4-5(2,3)6/h1H3,(H2,3,6). The molecule has 0 saturated carbocycles. The third kappa shape index (κ3) is 4.86. The maximum Gasteiger partial charge on any atom is 0.216 e. The van der Waals surface area contributed by atoms with Gasteiger partial charge < -0.3 is 4.52 Å². The van der Waals surface area contributed by atoms with Crippen molar-refractivity contribution >= 4 is 28.8 Å². The van der Waals surface area contributed by atoms with Gasteiger partial charge in [-0.05, 0) is 23.0 Å². The summed E-state index contributed by atoms with van der Waals surface area (Å²) in [6, 6.07) is 0. The molecule has 0 heterocycles. The minimum absolute atomic E-state index is 1.40. The number of rotatable bonds is 1. The van der Waals surface area contributed by atoms with Crippen molar-refractivity contribution in [2.24, 2.45) is 5.50 Å². The fourth-order valence-electron chi connectivity index (χ4n) is 0. The second kappa shape index (κ2) is 2.24. The predicted molar refractivity (Wildman–Crippen MR) is 31.3 cm³/mol. The van der Waals surface area contributed by atoms with Gasteiger partial charge in [0.2, 0.25) is 5.77 Å². The maximum atomic E-state index is 5.20. The second-order valence-corrected chi connectivity index (χ2v) is 5.85. The van der Waals surface area contributed by atoms with E-state index in [2.05, 4.69) is 16.3 Å². The number of hydrogen-bond donors (Lipinski definition) is 1. The Morgan fingerprint density at radius 3 is 2.17 bits per heavy atom. The van der Waals surface area contributed by atoms with E-state index in [0.717, 1.165) is 0 Å². The highest BCUT2D eigenvalue weighted by molar-refractivity contribution is 8.23. The van der Waals surface area contributed by atoms with Crippen molar-refractivity contribution in [3.8, 4) is 0 Å². The molecule has 0 aliphatic heterocycles. The third-order valence-corrected chi connectivity index (χ3v) is 1.61. The van der Waals surface area contributed by atoms with E-state index in [-0.39, 0.29) is 0 Å². The summed E-state index contributed by atoms with van der Waals surface area (Å²) >= 11 is 9.62. The molecule has 0 bridgehead atoms. The summed E-state index contributed by atoms with van der Waals surface area (Å²) in [6.07, 6.45) is 0. The number of nitrogens with two attached hydrogens (primary N) is 1. The Balaban J connectivity index is 3.48. The summed E-state index contributed by atoms with van der Waals surface area (Å²) in [6.45, 7) is 0. The monoisotopic (exact) mass is 145 g/mol. The van der Waals surface area contributed by atoms with Gasteiger partial charge in [0.1, 0.15) is 0 Å². The van der Waals surface area contributed by atoms with Crippen LogP contribution in [0, 0.1) is 0 Å². The lowest BCUT2D eigenvalue weighted by atomic mass is 11.8. The molecule has 38 valence electrons. The summed E-state index contributed by atoms with van der Waals surface area (Å²) in [5.41, 5.74) is 5.00.